The zero-order valence-corrected chi connectivity index (χ0v) is 17.0. The molecule has 1 saturated heterocycles. The average Bonchev–Trinajstić information content (AvgIpc) is 3.03. The lowest BCUT2D eigenvalue weighted by atomic mass is 9.71. The molecule has 6 nitrogen and oxygen atoms in total. The van der Waals surface area contributed by atoms with Crippen molar-refractivity contribution in [3.05, 3.63) is 53.9 Å². The standard InChI is InChI=1S/C23H27N3O3/c1-16-6-3-10-20(24-16)21(27)25-17-7-5-11-23(15-17)12-13-26(22(23)28)18-8-4-9-19(14-18)29-2/h3-4,6,8-10,14,17H,5,7,11-13,15H2,1-2H3,(H,25,27)/t17-,23+/m1/s1. The number of amides is 2. The molecule has 2 aromatic rings. The van der Waals surface area contributed by atoms with E-state index in [4.69, 9.17) is 4.74 Å². The summed E-state index contributed by atoms with van der Waals surface area (Å²) in [6.07, 6.45) is 4.21. The summed E-state index contributed by atoms with van der Waals surface area (Å²) >= 11 is 0. The number of aryl methyl sites for hydroxylation is 1. The van der Waals surface area contributed by atoms with Crippen molar-refractivity contribution >= 4 is 17.5 Å². The van der Waals surface area contributed by atoms with Gasteiger partial charge in [0.05, 0.1) is 12.5 Å². The van der Waals surface area contributed by atoms with Crippen LogP contribution in [0.4, 0.5) is 5.69 Å². The summed E-state index contributed by atoms with van der Waals surface area (Å²) in [6, 6.07) is 13.1. The van der Waals surface area contributed by atoms with E-state index >= 15 is 0 Å². The number of pyridine rings is 1. The highest BCUT2D eigenvalue weighted by atomic mass is 16.5. The van der Waals surface area contributed by atoms with E-state index in [0.29, 0.717) is 18.7 Å². The number of methoxy groups -OCH3 is 1. The summed E-state index contributed by atoms with van der Waals surface area (Å²) in [7, 11) is 1.63. The van der Waals surface area contributed by atoms with E-state index in [9.17, 15) is 9.59 Å². The summed E-state index contributed by atoms with van der Waals surface area (Å²) in [4.78, 5) is 32.2. The van der Waals surface area contributed by atoms with Crippen LogP contribution in [-0.4, -0.2) is 36.5 Å². The van der Waals surface area contributed by atoms with Crippen molar-refractivity contribution in [3.63, 3.8) is 0 Å². The van der Waals surface area contributed by atoms with Gasteiger partial charge in [-0.2, -0.15) is 0 Å². The first-order valence-electron chi connectivity index (χ1n) is 10.2. The zero-order chi connectivity index (χ0) is 20.4. The van der Waals surface area contributed by atoms with Gasteiger partial charge in [-0.05, 0) is 56.9 Å². The van der Waals surface area contributed by atoms with Gasteiger partial charge in [-0.25, -0.2) is 4.98 Å². The van der Waals surface area contributed by atoms with Gasteiger partial charge < -0.3 is 15.0 Å². The zero-order valence-electron chi connectivity index (χ0n) is 17.0. The Balaban J connectivity index is 1.47. The molecule has 152 valence electrons. The molecule has 0 radical (unpaired) electrons. The van der Waals surface area contributed by atoms with Gasteiger partial charge in [0.25, 0.3) is 5.91 Å². The van der Waals surface area contributed by atoms with Crippen LogP contribution in [-0.2, 0) is 4.79 Å². The molecule has 1 aliphatic heterocycles. The van der Waals surface area contributed by atoms with Gasteiger partial charge in [-0.1, -0.05) is 18.6 Å². The fraction of sp³-hybridized carbons (Fsp3) is 0.435. The largest absolute Gasteiger partial charge is 0.497 e. The highest BCUT2D eigenvalue weighted by Crippen LogP contribution is 2.46. The molecule has 2 atom stereocenters. The highest BCUT2D eigenvalue weighted by molar-refractivity contribution is 6.00. The average molecular weight is 393 g/mol. The minimum atomic E-state index is -0.390. The van der Waals surface area contributed by atoms with E-state index < -0.39 is 0 Å². The topological polar surface area (TPSA) is 71.5 Å². The summed E-state index contributed by atoms with van der Waals surface area (Å²) in [5.41, 5.74) is 1.73. The number of nitrogens with zero attached hydrogens (tertiary/aromatic N) is 2. The minimum absolute atomic E-state index is 0.00669. The fourth-order valence-electron chi connectivity index (χ4n) is 4.68. The fourth-order valence-corrected chi connectivity index (χ4v) is 4.68. The molecule has 2 heterocycles. The maximum atomic E-state index is 13.4. The number of carbonyl (C=O) groups excluding carboxylic acids is 2. The molecule has 0 bridgehead atoms. The highest BCUT2D eigenvalue weighted by Gasteiger charge is 2.49. The third-order valence-electron chi connectivity index (χ3n) is 6.18. The van der Waals surface area contributed by atoms with Crippen molar-refractivity contribution in [3.8, 4) is 5.75 Å². The first-order valence-corrected chi connectivity index (χ1v) is 10.2. The number of hydrogen-bond donors (Lipinski definition) is 1. The van der Waals surface area contributed by atoms with Crippen LogP contribution in [0.15, 0.2) is 42.5 Å². The Morgan fingerprint density at radius 3 is 2.86 bits per heavy atom. The predicted octanol–water partition coefficient (Wildman–Crippen LogP) is 3.49. The molecule has 1 spiro atoms. The molecule has 1 aromatic carbocycles. The van der Waals surface area contributed by atoms with Crippen molar-refractivity contribution in [1.29, 1.82) is 0 Å². The van der Waals surface area contributed by atoms with Crippen LogP contribution >= 0.6 is 0 Å². The summed E-state index contributed by atoms with van der Waals surface area (Å²) < 4.78 is 5.31. The molecule has 0 unspecified atom stereocenters. The SMILES string of the molecule is COc1cccc(N2CC[C@]3(CCC[C@@H](NC(=O)c4cccc(C)n4)C3)C2=O)c1. The minimum Gasteiger partial charge on any atom is -0.497 e. The number of nitrogens with one attached hydrogen (secondary N) is 1. The van der Waals surface area contributed by atoms with Crippen molar-refractivity contribution in [2.75, 3.05) is 18.6 Å². The molecule has 1 aliphatic carbocycles. The van der Waals surface area contributed by atoms with E-state index in [1.54, 1.807) is 13.2 Å². The van der Waals surface area contributed by atoms with Gasteiger partial charge in [-0.15, -0.1) is 0 Å². The van der Waals surface area contributed by atoms with Gasteiger partial charge in [0.1, 0.15) is 11.4 Å². The molecule has 2 amide bonds. The first kappa shape index (κ1) is 19.4. The molecule has 1 N–H and O–H groups in total. The number of rotatable bonds is 4. The normalized spacial score (nSPS) is 24.0. The smallest absolute Gasteiger partial charge is 0.270 e. The second kappa shape index (κ2) is 7.85. The number of hydrogen-bond acceptors (Lipinski definition) is 4. The molecule has 4 rings (SSSR count). The number of aromatic nitrogens is 1. The second-order valence-electron chi connectivity index (χ2n) is 8.12. The quantitative estimate of drug-likeness (QED) is 0.863. The van der Waals surface area contributed by atoms with Crippen LogP contribution in [0.3, 0.4) is 0 Å². The van der Waals surface area contributed by atoms with Crippen molar-refractivity contribution in [1.82, 2.24) is 10.3 Å². The van der Waals surface area contributed by atoms with E-state index in [1.165, 1.54) is 0 Å². The van der Waals surface area contributed by atoms with E-state index in [-0.39, 0.29) is 23.3 Å². The molecule has 1 saturated carbocycles. The lowest BCUT2D eigenvalue weighted by Crippen LogP contribution is -2.46. The van der Waals surface area contributed by atoms with E-state index in [0.717, 1.165) is 42.8 Å². The van der Waals surface area contributed by atoms with Gasteiger partial charge in [0.2, 0.25) is 5.91 Å². The van der Waals surface area contributed by atoms with E-state index in [2.05, 4.69) is 10.3 Å². The molecular weight excluding hydrogens is 366 g/mol. The summed E-state index contributed by atoms with van der Waals surface area (Å²) in [5.74, 6) is 0.750. The Hall–Kier alpha value is -2.89. The molecular formula is C23H27N3O3. The van der Waals surface area contributed by atoms with Gasteiger partial charge in [-0.3, -0.25) is 9.59 Å². The van der Waals surface area contributed by atoms with Crippen LogP contribution in [0.1, 0.15) is 48.3 Å². The van der Waals surface area contributed by atoms with Crippen molar-refractivity contribution in [2.45, 2.75) is 45.1 Å². The van der Waals surface area contributed by atoms with Crippen molar-refractivity contribution < 1.29 is 14.3 Å². The maximum Gasteiger partial charge on any atom is 0.270 e. The van der Waals surface area contributed by atoms with Crippen LogP contribution < -0.4 is 15.0 Å². The van der Waals surface area contributed by atoms with Crippen LogP contribution in [0, 0.1) is 12.3 Å². The Kier molecular flexibility index (Phi) is 5.26. The van der Waals surface area contributed by atoms with Crippen LogP contribution in [0.5, 0.6) is 5.75 Å². The number of ether oxygens (including phenoxy) is 1. The summed E-state index contributed by atoms with van der Waals surface area (Å²) in [6.45, 7) is 2.57. The van der Waals surface area contributed by atoms with Crippen molar-refractivity contribution in [2.24, 2.45) is 5.41 Å². The monoisotopic (exact) mass is 393 g/mol. The van der Waals surface area contributed by atoms with Gasteiger partial charge >= 0.3 is 0 Å². The predicted molar refractivity (Wildman–Crippen MR) is 111 cm³/mol. The Morgan fingerprint density at radius 1 is 1.24 bits per heavy atom. The number of carbonyl (C=O) groups is 2. The van der Waals surface area contributed by atoms with Gasteiger partial charge in [0.15, 0.2) is 0 Å². The number of anilines is 1. The third kappa shape index (κ3) is 3.84. The number of benzene rings is 1. The lowest BCUT2D eigenvalue weighted by Gasteiger charge is -2.36. The molecule has 29 heavy (non-hydrogen) atoms. The molecule has 2 fully saturated rings. The first-order chi connectivity index (χ1) is 14.0. The lowest BCUT2D eigenvalue weighted by molar-refractivity contribution is -0.127. The third-order valence-corrected chi connectivity index (χ3v) is 6.18. The molecule has 2 aliphatic rings. The molecule has 6 heteroatoms. The Morgan fingerprint density at radius 2 is 2.07 bits per heavy atom. The Bertz CT molecular complexity index is 929. The van der Waals surface area contributed by atoms with Crippen LogP contribution in [0.25, 0.3) is 0 Å². The van der Waals surface area contributed by atoms with Gasteiger partial charge in [0, 0.05) is 30.0 Å². The Labute approximate surface area is 171 Å². The second-order valence-corrected chi connectivity index (χ2v) is 8.12. The summed E-state index contributed by atoms with van der Waals surface area (Å²) in [5, 5.41) is 3.11. The van der Waals surface area contributed by atoms with E-state index in [1.807, 2.05) is 48.2 Å². The molecule has 1 aromatic heterocycles. The maximum absolute atomic E-state index is 13.4. The van der Waals surface area contributed by atoms with Crippen LogP contribution in [0.2, 0.25) is 0 Å².